The van der Waals surface area contributed by atoms with E-state index in [2.05, 4.69) is 11.8 Å². The lowest BCUT2D eigenvalue weighted by Crippen LogP contribution is -2.46. The van der Waals surface area contributed by atoms with Crippen molar-refractivity contribution in [3.05, 3.63) is 0 Å². The maximum Gasteiger partial charge on any atom is 0.0589 e. The summed E-state index contributed by atoms with van der Waals surface area (Å²) in [5, 5.41) is 0. The van der Waals surface area contributed by atoms with E-state index in [1.165, 1.54) is 0 Å². The van der Waals surface area contributed by atoms with Crippen LogP contribution < -0.4 is 5.73 Å². The largest absolute Gasteiger partial charge is 0.383 e. The lowest BCUT2D eigenvalue weighted by atomic mass is 10.1. The van der Waals surface area contributed by atoms with Crippen LogP contribution >= 0.6 is 0 Å². The fourth-order valence-electron chi connectivity index (χ4n) is 1.15. The fourth-order valence-corrected chi connectivity index (χ4v) is 1.15. The van der Waals surface area contributed by atoms with Gasteiger partial charge in [-0.2, -0.15) is 0 Å². The zero-order valence-corrected chi connectivity index (χ0v) is 8.76. The SMILES string of the molecule is CCN(CCOC)CC(C)(C)N. The van der Waals surface area contributed by atoms with Crippen LogP contribution in [-0.4, -0.2) is 43.8 Å². The van der Waals surface area contributed by atoms with E-state index in [1.54, 1.807) is 7.11 Å². The number of hydrogen-bond donors (Lipinski definition) is 1. The van der Waals surface area contributed by atoms with E-state index >= 15 is 0 Å². The summed E-state index contributed by atoms with van der Waals surface area (Å²) >= 11 is 0. The topological polar surface area (TPSA) is 38.5 Å². The second-order valence-electron chi connectivity index (χ2n) is 3.85. The Morgan fingerprint density at radius 2 is 2.00 bits per heavy atom. The molecule has 0 heterocycles. The normalized spacial score (nSPS) is 12.5. The minimum Gasteiger partial charge on any atom is -0.383 e. The molecule has 3 nitrogen and oxygen atoms in total. The van der Waals surface area contributed by atoms with Crippen molar-refractivity contribution < 1.29 is 4.74 Å². The van der Waals surface area contributed by atoms with Gasteiger partial charge in [-0.15, -0.1) is 0 Å². The van der Waals surface area contributed by atoms with Gasteiger partial charge in [-0.25, -0.2) is 0 Å². The maximum absolute atomic E-state index is 5.90. The van der Waals surface area contributed by atoms with Crippen LogP contribution in [-0.2, 0) is 4.74 Å². The molecule has 0 aromatic rings. The van der Waals surface area contributed by atoms with Gasteiger partial charge >= 0.3 is 0 Å². The van der Waals surface area contributed by atoms with Crippen molar-refractivity contribution in [1.29, 1.82) is 0 Å². The van der Waals surface area contributed by atoms with E-state index in [-0.39, 0.29) is 5.54 Å². The Hall–Kier alpha value is -0.120. The fraction of sp³-hybridized carbons (Fsp3) is 1.00. The molecular weight excluding hydrogens is 152 g/mol. The first-order chi connectivity index (χ1) is 5.49. The standard InChI is InChI=1S/C9H22N2O/c1-5-11(6-7-12-4)8-9(2,3)10/h5-8,10H2,1-4H3. The summed E-state index contributed by atoms with van der Waals surface area (Å²) in [4.78, 5) is 2.30. The molecule has 2 N–H and O–H groups in total. The first-order valence-electron chi connectivity index (χ1n) is 4.49. The average Bonchev–Trinajstić information content (AvgIpc) is 1.95. The number of hydrogen-bond acceptors (Lipinski definition) is 3. The van der Waals surface area contributed by atoms with E-state index in [0.29, 0.717) is 0 Å². The second kappa shape index (κ2) is 5.51. The summed E-state index contributed by atoms with van der Waals surface area (Å²) in [6.07, 6.45) is 0. The van der Waals surface area contributed by atoms with Crippen LogP contribution in [0, 0.1) is 0 Å². The first-order valence-corrected chi connectivity index (χ1v) is 4.49. The highest BCUT2D eigenvalue weighted by molar-refractivity contribution is 4.76. The molecule has 0 rings (SSSR count). The van der Waals surface area contributed by atoms with E-state index < -0.39 is 0 Å². The van der Waals surface area contributed by atoms with Gasteiger partial charge in [0.25, 0.3) is 0 Å². The quantitative estimate of drug-likeness (QED) is 0.644. The molecule has 0 spiro atoms. The number of likely N-dealkylation sites (N-methyl/N-ethyl adjacent to an activating group) is 1. The summed E-state index contributed by atoms with van der Waals surface area (Å²) in [6, 6.07) is 0. The van der Waals surface area contributed by atoms with Crippen molar-refractivity contribution in [2.45, 2.75) is 26.3 Å². The van der Waals surface area contributed by atoms with Gasteiger partial charge in [-0.05, 0) is 20.4 Å². The molecule has 0 aliphatic carbocycles. The van der Waals surface area contributed by atoms with Crippen molar-refractivity contribution >= 4 is 0 Å². The number of ether oxygens (including phenoxy) is 1. The van der Waals surface area contributed by atoms with Gasteiger partial charge in [0.15, 0.2) is 0 Å². The highest BCUT2D eigenvalue weighted by Crippen LogP contribution is 2.00. The van der Waals surface area contributed by atoms with E-state index in [4.69, 9.17) is 10.5 Å². The molecule has 0 saturated heterocycles. The smallest absolute Gasteiger partial charge is 0.0589 e. The molecule has 0 radical (unpaired) electrons. The molecule has 0 fully saturated rings. The molecule has 0 aromatic carbocycles. The van der Waals surface area contributed by atoms with Gasteiger partial charge in [0.05, 0.1) is 6.61 Å². The van der Waals surface area contributed by atoms with E-state index in [9.17, 15) is 0 Å². The van der Waals surface area contributed by atoms with Crippen molar-refractivity contribution in [3.8, 4) is 0 Å². The van der Waals surface area contributed by atoms with Gasteiger partial charge in [-0.1, -0.05) is 6.92 Å². The number of methoxy groups -OCH3 is 1. The van der Waals surface area contributed by atoms with Crippen molar-refractivity contribution in [2.24, 2.45) is 5.73 Å². The summed E-state index contributed by atoms with van der Waals surface area (Å²) in [5.74, 6) is 0. The molecular formula is C9H22N2O. The molecule has 0 aliphatic rings. The first kappa shape index (κ1) is 11.9. The lowest BCUT2D eigenvalue weighted by Gasteiger charge is -2.28. The van der Waals surface area contributed by atoms with E-state index in [0.717, 1.165) is 26.2 Å². The van der Waals surface area contributed by atoms with Crippen molar-refractivity contribution in [2.75, 3.05) is 33.4 Å². The predicted octanol–water partition coefficient (Wildman–Crippen LogP) is 0.692. The summed E-state index contributed by atoms with van der Waals surface area (Å²) in [6.45, 7) is 9.93. The second-order valence-corrected chi connectivity index (χ2v) is 3.85. The Kier molecular flexibility index (Phi) is 5.46. The molecule has 0 atom stereocenters. The average molecular weight is 174 g/mol. The highest BCUT2D eigenvalue weighted by atomic mass is 16.5. The zero-order valence-electron chi connectivity index (χ0n) is 8.76. The Bertz CT molecular complexity index is 110. The van der Waals surface area contributed by atoms with Gasteiger partial charge in [0.1, 0.15) is 0 Å². The highest BCUT2D eigenvalue weighted by Gasteiger charge is 2.14. The third-order valence-corrected chi connectivity index (χ3v) is 1.69. The van der Waals surface area contributed by atoms with Crippen LogP contribution in [0.25, 0.3) is 0 Å². The molecule has 0 saturated carbocycles. The Morgan fingerprint density at radius 1 is 1.42 bits per heavy atom. The molecule has 0 bridgehead atoms. The molecule has 0 unspecified atom stereocenters. The van der Waals surface area contributed by atoms with Crippen LogP contribution in [0.4, 0.5) is 0 Å². The molecule has 0 aliphatic heterocycles. The minimum absolute atomic E-state index is 0.107. The molecule has 0 aromatic heterocycles. The molecule has 12 heavy (non-hydrogen) atoms. The zero-order chi connectivity index (χ0) is 9.61. The Balaban J connectivity index is 3.67. The number of rotatable bonds is 6. The van der Waals surface area contributed by atoms with Crippen LogP contribution in [0.5, 0.6) is 0 Å². The van der Waals surface area contributed by atoms with Gasteiger partial charge in [-0.3, -0.25) is 4.90 Å². The third kappa shape index (κ3) is 6.58. The number of nitrogens with two attached hydrogens (primary N) is 1. The monoisotopic (exact) mass is 174 g/mol. The van der Waals surface area contributed by atoms with Crippen LogP contribution in [0.15, 0.2) is 0 Å². The van der Waals surface area contributed by atoms with Gasteiger partial charge < -0.3 is 10.5 Å². The summed E-state index contributed by atoms with van der Waals surface area (Å²) < 4.78 is 5.01. The Labute approximate surface area is 75.9 Å². The summed E-state index contributed by atoms with van der Waals surface area (Å²) in [7, 11) is 1.72. The Morgan fingerprint density at radius 3 is 2.33 bits per heavy atom. The van der Waals surface area contributed by atoms with Gasteiger partial charge in [0.2, 0.25) is 0 Å². The van der Waals surface area contributed by atoms with Crippen molar-refractivity contribution in [3.63, 3.8) is 0 Å². The van der Waals surface area contributed by atoms with Crippen LogP contribution in [0.3, 0.4) is 0 Å². The minimum atomic E-state index is -0.107. The maximum atomic E-state index is 5.90. The lowest BCUT2D eigenvalue weighted by molar-refractivity contribution is 0.139. The van der Waals surface area contributed by atoms with Crippen molar-refractivity contribution in [1.82, 2.24) is 4.90 Å². The van der Waals surface area contributed by atoms with Gasteiger partial charge in [0, 0.05) is 25.7 Å². The number of nitrogens with zero attached hydrogens (tertiary/aromatic N) is 1. The van der Waals surface area contributed by atoms with Crippen LogP contribution in [0.2, 0.25) is 0 Å². The third-order valence-electron chi connectivity index (χ3n) is 1.69. The summed E-state index contributed by atoms with van der Waals surface area (Å²) in [5.41, 5.74) is 5.79. The van der Waals surface area contributed by atoms with Crippen LogP contribution in [0.1, 0.15) is 20.8 Å². The predicted molar refractivity (Wildman–Crippen MR) is 52.3 cm³/mol. The molecule has 74 valence electrons. The molecule has 3 heteroatoms. The van der Waals surface area contributed by atoms with E-state index in [1.807, 2.05) is 13.8 Å². The molecule has 0 amide bonds.